The maximum absolute atomic E-state index is 14.8. The predicted molar refractivity (Wildman–Crippen MR) is 317 cm³/mol. The summed E-state index contributed by atoms with van der Waals surface area (Å²) in [5.41, 5.74) is 0. The monoisotopic (exact) mass is 1190 g/mol. The number of rotatable bonds is 15. The minimum atomic E-state index is -1.65. The zero-order chi connectivity index (χ0) is 65.1. The van der Waals surface area contributed by atoms with Crippen LogP contribution in [0.15, 0.2) is 0 Å². The predicted octanol–water partition coefficient (Wildman–Crippen LogP) is 1.23. The summed E-state index contributed by atoms with van der Waals surface area (Å²) in [5, 5.41) is 21.4. The molecular formula is C59H105N11O14. The zero-order valence-corrected chi connectivity index (χ0v) is 54.5. The van der Waals surface area contributed by atoms with E-state index in [1.54, 1.807) is 27.7 Å². The molecular weight excluding hydrogens is 1090 g/mol. The van der Waals surface area contributed by atoms with Gasteiger partial charge in [-0.3, -0.25) is 57.5 Å². The van der Waals surface area contributed by atoms with Gasteiger partial charge in [0, 0.05) is 56.3 Å². The van der Waals surface area contributed by atoms with Gasteiger partial charge in [0.05, 0.1) is 25.7 Å². The molecule has 0 bridgehead atoms. The topological polar surface area (TPSA) is 305 Å². The molecule has 0 aromatic heterocycles. The SMILES string of the molecule is CCC(O)C[C@@H](C)[C@@H](OC(C)=O)C1C(=O)NCC(=O)N(C)CC(=O)N(C)[C@@H](CC(C)C)C(=O)NC(C(C)C)C(=O)N(C)[C@@H](CC(C)C)C(=O)N[C@@H](C)C(=O)N[C@H](C)C(=O)N(C)[C@@H](CC(C)C)C(=O)N(C)[C@@H](CC(C)C)C(=O)N(C)CC(=O)N1C. The van der Waals surface area contributed by atoms with Gasteiger partial charge in [0.1, 0.15) is 54.4 Å². The molecule has 1 saturated heterocycles. The van der Waals surface area contributed by atoms with Gasteiger partial charge < -0.3 is 65.4 Å². The maximum atomic E-state index is 14.8. The average molecular weight is 1190 g/mol. The van der Waals surface area contributed by atoms with Crippen molar-refractivity contribution in [2.45, 2.75) is 203 Å². The number of carbonyl (C=O) groups excluding carboxylic acids is 12. The molecule has 25 nitrogen and oxygen atoms in total. The summed E-state index contributed by atoms with van der Waals surface area (Å²) in [7, 11) is 9.55. The minimum Gasteiger partial charge on any atom is -0.459 e. The van der Waals surface area contributed by atoms with E-state index in [-0.39, 0.29) is 55.8 Å². The van der Waals surface area contributed by atoms with E-state index in [0.29, 0.717) is 6.42 Å². The van der Waals surface area contributed by atoms with Gasteiger partial charge in [0.25, 0.3) is 0 Å². The first-order valence-electron chi connectivity index (χ1n) is 29.6. The summed E-state index contributed by atoms with van der Waals surface area (Å²) in [4.78, 5) is 178. The van der Waals surface area contributed by atoms with Crippen LogP contribution >= 0.6 is 0 Å². The number of esters is 1. The molecule has 1 aliphatic rings. The molecule has 480 valence electrons. The Hall–Kier alpha value is -6.40. The molecule has 84 heavy (non-hydrogen) atoms. The lowest BCUT2D eigenvalue weighted by atomic mass is 9.90. The van der Waals surface area contributed by atoms with E-state index in [2.05, 4.69) is 21.3 Å². The van der Waals surface area contributed by atoms with Gasteiger partial charge in [0.15, 0.2) is 0 Å². The first-order chi connectivity index (χ1) is 38.7. The van der Waals surface area contributed by atoms with Crippen LogP contribution in [-0.2, 0) is 62.3 Å². The first kappa shape index (κ1) is 75.6. The van der Waals surface area contributed by atoms with E-state index in [0.717, 1.165) is 21.6 Å². The lowest BCUT2D eigenvalue weighted by Crippen LogP contribution is -2.60. The second-order valence-electron chi connectivity index (χ2n) is 25.1. The van der Waals surface area contributed by atoms with Crippen molar-refractivity contribution in [3.8, 4) is 0 Å². The molecule has 25 heteroatoms. The van der Waals surface area contributed by atoms with Crippen molar-refractivity contribution in [3.05, 3.63) is 0 Å². The number of aliphatic hydroxyl groups excluding tert-OH is 1. The summed E-state index contributed by atoms with van der Waals surface area (Å²) in [6.45, 7) is 23.5. The number of nitrogens with one attached hydrogen (secondary N) is 4. The number of nitrogens with zero attached hydrogens (tertiary/aromatic N) is 7. The van der Waals surface area contributed by atoms with Crippen molar-refractivity contribution in [2.24, 2.45) is 35.5 Å². The molecule has 1 aliphatic heterocycles. The number of amides is 11. The van der Waals surface area contributed by atoms with E-state index in [9.17, 15) is 62.6 Å². The summed E-state index contributed by atoms with van der Waals surface area (Å²) in [6, 6.07) is -9.95. The zero-order valence-electron chi connectivity index (χ0n) is 54.5. The fraction of sp³-hybridized carbons (Fsp3) is 0.797. The number of hydrogen-bond donors (Lipinski definition) is 5. The Kier molecular flexibility index (Phi) is 31.1. The van der Waals surface area contributed by atoms with E-state index in [4.69, 9.17) is 4.74 Å². The van der Waals surface area contributed by atoms with Crippen LogP contribution in [0.4, 0.5) is 0 Å². The van der Waals surface area contributed by atoms with Gasteiger partial charge in [-0.05, 0) is 87.9 Å². The number of ether oxygens (including phenoxy) is 1. The van der Waals surface area contributed by atoms with E-state index >= 15 is 0 Å². The lowest BCUT2D eigenvalue weighted by molar-refractivity contribution is -0.162. The first-order valence-corrected chi connectivity index (χ1v) is 29.6. The quantitative estimate of drug-likeness (QED) is 0.144. The van der Waals surface area contributed by atoms with Gasteiger partial charge in [0.2, 0.25) is 65.0 Å². The van der Waals surface area contributed by atoms with Gasteiger partial charge in [-0.1, -0.05) is 83.1 Å². The fourth-order valence-electron chi connectivity index (χ4n) is 10.0. The van der Waals surface area contributed by atoms with Gasteiger partial charge in [-0.25, -0.2) is 0 Å². The molecule has 3 unspecified atom stereocenters. The second kappa shape index (κ2) is 34.5. The molecule has 0 radical (unpaired) electrons. The number of aliphatic hydroxyl groups is 1. The highest BCUT2D eigenvalue weighted by molar-refractivity contribution is 5.99. The van der Waals surface area contributed by atoms with Crippen LogP contribution in [0.5, 0.6) is 0 Å². The fourth-order valence-corrected chi connectivity index (χ4v) is 10.0. The van der Waals surface area contributed by atoms with Gasteiger partial charge in [-0.2, -0.15) is 0 Å². The Morgan fingerprint density at radius 2 is 0.929 bits per heavy atom. The molecule has 11 atom stereocenters. The van der Waals surface area contributed by atoms with E-state index < -0.39 is 163 Å². The van der Waals surface area contributed by atoms with Crippen molar-refractivity contribution in [1.82, 2.24) is 55.6 Å². The third-order valence-electron chi connectivity index (χ3n) is 15.3. The Labute approximate surface area is 499 Å². The lowest BCUT2D eigenvalue weighted by Gasteiger charge is -2.38. The number of hydrogen-bond acceptors (Lipinski definition) is 14. The van der Waals surface area contributed by atoms with E-state index in [1.165, 1.54) is 82.8 Å². The highest BCUT2D eigenvalue weighted by atomic mass is 16.5. The molecule has 0 spiro atoms. The molecule has 1 fully saturated rings. The molecule has 0 aromatic carbocycles. The molecule has 5 N–H and O–H groups in total. The smallest absolute Gasteiger partial charge is 0.303 e. The molecule has 0 saturated carbocycles. The van der Waals surface area contributed by atoms with Crippen LogP contribution in [0.1, 0.15) is 142 Å². The van der Waals surface area contributed by atoms with Crippen molar-refractivity contribution >= 4 is 70.9 Å². The maximum Gasteiger partial charge on any atom is 0.303 e. The van der Waals surface area contributed by atoms with Gasteiger partial charge >= 0.3 is 5.97 Å². The van der Waals surface area contributed by atoms with Crippen molar-refractivity contribution in [2.75, 3.05) is 69.0 Å². The summed E-state index contributed by atoms with van der Waals surface area (Å²) in [6.07, 6.45) is -1.43. The third kappa shape index (κ3) is 22.5. The Morgan fingerprint density at radius 3 is 1.40 bits per heavy atom. The molecule has 0 aromatic rings. The Bertz CT molecular complexity index is 2300. The standard InChI is InChI=1S/C59H105N11O14/c1-23-41(72)28-37(12)51(84-40(15)71)50-55(79)60-29-46(73)64(16)30-47(74)66(18)42(24-32(2)3)54(78)63-49(36(10)11)59(83)67(19)43(25-33(4)5)53(77)61-38(13)52(76)62-39(14)56(80)68(20)45(27-35(8)9)58(82)69(21)44(26-34(6)7)57(81)65(17)31-48(75)70(50)22/h32-39,41-45,49-51,72H,23-31H2,1-22H3,(H,60,79)(H,61,77)(H,62,76)(H,63,78)/t37-,38+,39-,41?,42+,43+,44+,45+,49?,50?,51-/m1/s1. The van der Waals surface area contributed by atoms with Crippen LogP contribution in [-0.4, -0.2) is 240 Å². The molecule has 0 aliphatic carbocycles. The third-order valence-corrected chi connectivity index (χ3v) is 15.3. The molecule has 1 rings (SSSR count). The van der Waals surface area contributed by atoms with Crippen molar-refractivity contribution < 1.29 is 67.4 Å². The summed E-state index contributed by atoms with van der Waals surface area (Å²) >= 11 is 0. The van der Waals surface area contributed by atoms with Crippen LogP contribution in [0.3, 0.4) is 0 Å². The Morgan fingerprint density at radius 1 is 0.512 bits per heavy atom. The number of carbonyl (C=O) groups is 12. The highest BCUT2D eigenvalue weighted by Crippen LogP contribution is 2.25. The Balaban J connectivity index is 4.20. The normalized spacial score (nSPS) is 25.4. The van der Waals surface area contributed by atoms with Gasteiger partial charge in [-0.15, -0.1) is 0 Å². The van der Waals surface area contributed by atoms with Crippen LogP contribution in [0.25, 0.3) is 0 Å². The van der Waals surface area contributed by atoms with Crippen LogP contribution < -0.4 is 21.3 Å². The number of likely N-dealkylation sites (N-methyl/N-ethyl adjacent to an activating group) is 7. The summed E-state index contributed by atoms with van der Waals surface area (Å²) < 4.78 is 5.74. The molecule has 11 amide bonds. The minimum absolute atomic E-state index is 0.0249. The molecule has 1 heterocycles. The second-order valence-corrected chi connectivity index (χ2v) is 25.1. The van der Waals surface area contributed by atoms with Crippen LogP contribution in [0.2, 0.25) is 0 Å². The van der Waals surface area contributed by atoms with Crippen molar-refractivity contribution in [3.63, 3.8) is 0 Å². The van der Waals surface area contributed by atoms with Crippen molar-refractivity contribution in [1.29, 1.82) is 0 Å². The largest absolute Gasteiger partial charge is 0.459 e. The summed E-state index contributed by atoms with van der Waals surface area (Å²) in [5.74, 6) is -10.6. The highest BCUT2D eigenvalue weighted by Gasteiger charge is 2.44. The van der Waals surface area contributed by atoms with Crippen LogP contribution in [0, 0.1) is 35.5 Å². The van der Waals surface area contributed by atoms with E-state index in [1.807, 2.05) is 55.4 Å². The average Bonchev–Trinajstić information content (AvgIpc) is 3.52.